The van der Waals surface area contributed by atoms with E-state index in [2.05, 4.69) is 46.8 Å². The third kappa shape index (κ3) is 3.98. The molecule has 2 heterocycles. The van der Waals surface area contributed by atoms with Crippen molar-refractivity contribution in [2.45, 2.75) is 13.0 Å². The molecule has 3 nitrogen and oxygen atoms in total. The Bertz CT molecular complexity index is 840. The van der Waals surface area contributed by atoms with Gasteiger partial charge in [0.2, 0.25) is 0 Å². The number of benzene rings is 2. The zero-order valence-corrected chi connectivity index (χ0v) is 15.8. The summed E-state index contributed by atoms with van der Waals surface area (Å²) in [6.07, 6.45) is 0. The van der Waals surface area contributed by atoms with Crippen molar-refractivity contribution in [3.8, 4) is 11.5 Å². The zero-order chi connectivity index (χ0) is 17.8. The molecular weight excluding hydrogens is 340 g/mol. The predicted octanol–water partition coefficient (Wildman–Crippen LogP) is 4.84. The molecule has 0 spiro atoms. The Balaban J connectivity index is 1.65. The minimum absolute atomic E-state index is 0.287. The lowest BCUT2D eigenvalue weighted by molar-refractivity contribution is 0.200. The van der Waals surface area contributed by atoms with Gasteiger partial charge in [0.25, 0.3) is 0 Å². The van der Waals surface area contributed by atoms with Crippen molar-refractivity contribution in [2.24, 2.45) is 0 Å². The third-order valence-corrected chi connectivity index (χ3v) is 5.79. The molecule has 3 aromatic rings. The number of hydrogen-bond acceptors (Lipinski definition) is 4. The number of nitrogens with one attached hydrogen (secondary N) is 1. The topological polar surface area (TPSA) is 24.5 Å². The fourth-order valence-corrected chi connectivity index (χ4v) is 4.52. The zero-order valence-electron chi connectivity index (χ0n) is 15.0. The van der Waals surface area contributed by atoms with Crippen LogP contribution in [0.4, 0.5) is 0 Å². The number of aryl methyl sites for hydroxylation is 1. The molecule has 1 unspecified atom stereocenters. The van der Waals surface area contributed by atoms with Crippen molar-refractivity contribution in [1.29, 1.82) is 0 Å². The first-order valence-electron chi connectivity index (χ1n) is 9.12. The van der Waals surface area contributed by atoms with E-state index in [-0.39, 0.29) is 6.04 Å². The molecule has 1 aliphatic rings. The second kappa shape index (κ2) is 8.04. The monoisotopic (exact) mass is 364 g/mol. The largest absolute Gasteiger partial charge is 0.457 e. The lowest BCUT2D eigenvalue weighted by Gasteiger charge is -2.35. The standard InChI is InChI=1S/C22H24N2OS/c1-17-14-21(26-16-17)22(24-12-10-23-11-13-24)18-6-5-9-20(15-18)25-19-7-3-2-4-8-19/h2-9,14-16,22-23H,10-13H2,1H3. The van der Waals surface area contributed by atoms with Gasteiger partial charge < -0.3 is 10.1 Å². The van der Waals surface area contributed by atoms with E-state index in [0.717, 1.165) is 37.7 Å². The van der Waals surface area contributed by atoms with Gasteiger partial charge in [0, 0.05) is 31.1 Å². The Morgan fingerprint density at radius 2 is 1.73 bits per heavy atom. The van der Waals surface area contributed by atoms with E-state index in [1.807, 2.05) is 47.7 Å². The first-order chi connectivity index (χ1) is 12.8. The minimum Gasteiger partial charge on any atom is -0.457 e. The smallest absolute Gasteiger partial charge is 0.127 e. The van der Waals surface area contributed by atoms with Gasteiger partial charge in [-0.1, -0.05) is 30.3 Å². The normalized spacial score (nSPS) is 16.3. The number of piperazine rings is 1. The maximum absolute atomic E-state index is 6.07. The highest BCUT2D eigenvalue weighted by molar-refractivity contribution is 7.10. The Hall–Kier alpha value is -2.14. The number of ether oxygens (including phenoxy) is 1. The Morgan fingerprint density at radius 1 is 0.962 bits per heavy atom. The Kier molecular flexibility index (Phi) is 5.34. The summed E-state index contributed by atoms with van der Waals surface area (Å²) in [5, 5.41) is 5.70. The number of nitrogens with zero attached hydrogens (tertiary/aromatic N) is 1. The molecule has 4 heteroatoms. The average molecular weight is 365 g/mol. The molecule has 2 aromatic carbocycles. The van der Waals surface area contributed by atoms with Gasteiger partial charge in [-0.2, -0.15) is 0 Å². The van der Waals surface area contributed by atoms with E-state index in [4.69, 9.17) is 4.74 Å². The van der Waals surface area contributed by atoms with Crippen molar-refractivity contribution in [2.75, 3.05) is 26.2 Å². The average Bonchev–Trinajstić information content (AvgIpc) is 3.10. The van der Waals surface area contributed by atoms with E-state index in [0.29, 0.717) is 0 Å². The Morgan fingerprint density at radius 3 is 2.46 bits per heavy atom. The van der Waals surface area contributed by atoms with Crippen LogP contribution in [0.2, 0.25) is 0 Å². The van der Waals surface area contributed by atoms with Crippen LogP contribution in [0.25, 0.3) is 0 Å². The highest BCUT2D eigenvalue weighted by Crippen LogP contribution is 2.35. The first kappa shape index (κ1) is 17.3. The molecule has 0 saturated carbocycles. The highest BCUT2D eigenvalue weighted by atomic mass is 32.1. The molecule has 0 bridgehead atoms. The van der Waals surface area contributed by atoms with E-state index in [1.165, 1.54) is 16.0 Å². The van der Waals surface area contributed by atoms with Crippen molar-refractivity contribution in [3.05, 3.63) is 82.0 Å². The second-order valence-electron chi connectivity index (χ2n) is 6.70. The maximum atomic E-state index is 6.07. The lowest BCUT2D eigenvalue weighted by atomic mass is 10.0. The fourth-order valence-electron chi connectivity index (χ4n) is 3.46. The van der Waals surface area contributed by atoms with Crippen LogP contribution in [-0.2, 0) is 0 Å². The van der Waals surface area contributed by atoms with Crippen molar-refractivity contribution >= 4 is 11.3 Å². The summed E-state index contributed by atoms with van der Waals surface area (Å²) >= 11 is 1.85. The van der Waals surface area contributed by atoms with Crippen LogP contribution < -0.4 is 10.1 Å². The summed E-state index contributed by atoms with van der Waals surface area (Å²) in [7, 11) is 0. The second-order valence-corrected chi connectivity index (χ2v) is 7.65. The van der Waals surface area contributed by atoms with Crippen LogP contribution in [0.15, 0.2) is 66.0 Å². The number of para-hydroxylation sites is 1. The van der Waals surface area contributed by atoms with Gasteiger partial charge in [-0.05, 0) is 53.8 Å². The van der Waals surface area contributed by atoms with Gasteiger partial charge in [0.15, 0.2) is 0 Å². The fraction of sp³-hybridized carbons (Fsp3) is 0.273. The third-order valence-electron chi connectivity index (χ3n) is 4.69. The molecule has 0 amide bonds. The summed E-state index contributed by atoms with van der Waals surface area (Å²) in [6.45, 7) is 6.38. The SMILES string of the molecule is Cc1csc(C(c2cccc(Oc3ccccc3)c2)N2CCNCC2)c1. The van der Waals surface area contributed by atoms with E-state index in [1.54, 1.807) is 0 Å². The van der Waals surface area contributed by atoms with Crippen LogP contribution in [0, 0.1) is 6.92 Å². The van der Waals surface area contributed by atoms with Crippen molar-refractivity contribution in [1.82, 2.24) is 10.2 Å². The van der Waals surface area contributed by atoms with E-state index < -0.39 is 0 Å². The van der Waals surface area contributed by atoms with Gasteiger partial charge >= 0.3 is 0 Å². The first-order valence-corrected chi connectivity index (χ1v) is 10.0. The molecule has 1 fully saturated rings. The van der Waals surface area contributed by atoms with E-state index in [9.17, 15) is 0 Å². The quantitative estimate of drug-likeness (QED) is 0.701. The summed E-state index contributed by atoms with van der Waals surface area (Å²) in [4.78, 5) is 3.98. The number of hydrogen-bond donors (Lipinski definition) is 1. The van der Waals surface area contributed by atoms with Gasteiger partial charge in [-0.25, -0.2) is 0 Å². The minimum atomic E-state index is 0.287. The number of thiophene rings is 1. The molecule has 134 valence electrons. The molecule has 1 aliphatic heterocycles. The Labute approximate surface area is 159 Å². The maximum Gasteiger partial charge on any atom is 0.127 e. The summed E-state index contributed by atoms with van der Waals surface area (Å²) in [5.41, 5.74) is 2.63. The van der Waals surface area contributed by atoms with Crippen LogP contribution in [0.1, 0.15) is 22.0 Å². The van der Waals surface area contributed by atoms with E-state index >= 15 is 0 Å². The molecule has 4 rings (SSSR count). The van der Waals surface area contributed by atoms with Gasteiger partial charge in [-0.3, -0.25) is 4.90 Å². The molecule has 0 radical (unpaired) electrons. The van der Waals surface area contributed by atoms with Crippen LogP contribution in [0.3, 0.4) is 0 Å². The van der Waals surface area contributed by atoms with Crippen LogP contribution >= 0.6 is 11.3 Å². The van der Waals surface area contributed by atoms with Gasteiger partial charge in [0.05, 0.1) is 6.04 Å². The summed E-state index contributed by atoms with van der Waals surface area (Å²) in [5.74, 6) is 1.76. The van der Waals surface area contributed by atoms with Gasteiger partial charge in [-0.15, -0.1) is 11.3 Å². The summed E-state index contributed by atoms with van der Waals surface area (Å²) < 4.78 is 6.07. The molecule has 1 N–H and O–H groups in total. The molecule has 0 aliphatic carbocycles. The van der Waals surface area contributed by atoms with Gasteiger partial charge in [0.1, 0.15) is 11.5 Å². The highest BCUT2D eigenvalue weighted by Gasteiger charge is 2.25. The molecular formula is C22H24N2OS. The number of rotatable bonds is 5. The molecule has 1 atom stereocenters. The van der Waals surface area contributed by atoms with Crippen LogP contribution in [-0.4, -0.2) is 31.1 Å². The lowest BCUT2D eigenvalue weighted by Crippen LogP contribution is -2.45. The van der Waals surface area contributed by atoms with Crippen LogP contribution in [0.5, 0.6) is 11.5 Å². The molecule has 1 saturated heterocycles. The molecule has 1 aromatic heterocycles. The van der Waals surface area contributed by atoms with Crippen molar-refractivity contribution in [3.63, 3.8) is 0 Å². The summed E-state index contributed by atoms with van der Waals surface area (Å²) in [6, 6.07) is 21.1. The molecule has 26 heavy (non-hydrogen) atoms. The predicted molar refractivity (Wildman–Crippen MR) is 108 cm³/mol. The van der Waals surface area contributed by atoms with Crippen molar-refractivity contribution < 1.29 is 4.74 Å².